The molecule has 0 aliphatic carbocycles. The predicted molar refractivity (Wildman–Crippen MR) is 100 cm³/mol. The Bertz CT molecular complexity index is 1100. The number of hydrogen-bond acceptors (Lipinski definition) is 6. The fraction of sp³-hybridized carbons (Fsp3) is 0.316. The van der Waals surface area contributed by atoms with Crippen molar-refractivity contribution >= 4 is 5.65 Å². The minimum Gasteiger partial charge on any atom is -0.316 e. The van der Waals surface area contributed by atoms with Gasteiger partial charge in [0.15, 0.2) is 11.6 Å². The third-order valence-corrected chi connectivity index (χ3v) is 5.01. The van der Waals surface area contributed by atoms with Crippen LogP contribution in [0, 0.1) is 11.7 Å². The van der Waals surface area contributed by atoms with Crippen LogP contribution in [0.4, 0.5) is 4.39 Å². The van der Waals surface area contributed by atoms with Gasteiger partial charge in [-0.15, -0.1) is 0 Å². The number of fused-ring (bicyclic) bond motifs is 1. The smallest absolute Gasteiger partial charge is 0.180 e. The third kappa shape index (κ3) is 3.24. The van der Waals surface area contributed by atoms with Crippen molar-refractivity contribution in [2.45, 2.75) is 19.3 Å². The van der Waals surface area contributed by atoms with Crippen LogP contribution in [-0.2, 0) is 6.42 Å². The zero-order chi connectivity index (χ0) is 18.9. The number of imidazole rings is 1. The molecular formula is C19H19FN8. The first kappa shape index (κ1) is 16.9. The number of hydrogen-bond donors (Lipinski definition) is 1. The normalized spacial score (nSPS) is 17.2. The molecule has 5 rings (SSSR count). The van der Waals surface area contributed by atoms with Gasteiger partial charge in [0.1, 0.15) is 29.8 Å². The molecule has 0 saturated carbocycles. The number of nitrogens with zero attached hydrogens (tertiary/aromatic N) is 7. The van der Waals surface area contributed by atoms with Crippen LogP contribution in [0.2, 0.25) is 0 Å². The Labute approximate surface area is 160 Å². The summed E-state index contributed by atoms with van der Waals surface area (Å²) < 4.78 is 17.1. The maximum absolute atomic E-state index is 13.8. The summed E-state index contributed by atoms with van der Waals surface area (Å²) in [5.41, 5.74) is 2.21. The van der Waals surface area contributed by atoms with E-state index in [4.69, 9.17) is 4.98 Å². The van der Waals surface area contributed by atoms with Crippen molar-refractivity contribution in [3.05, 3.63) is 54.8 Å². The van der Waals surface area contributed by atoms with Gasteiger partial charge in [0.25, 0.3) is 0 Å². The summed E-state index contributed by atoms with van der Waals surface area (Å²) in [6.07, 6.45) is 9.32. The Morgan fingerprint density at radius 1 is 1.25 bits per heavy atom. The molecule has 142 valence electrons. The molecule has 28 heavy (non-hydrogen) atoms. The highest BCUT2D eigenvalue weighted by Crippen LogP contribution is 2.22. The molecule has 5 heterocycles. The standard InChI is InChI=1S/C19H19FN8/c20-14-3-4-17-23-9-16(27(17)10-14)19-25-15(6-13-2-1-5-21-8-13)7-18(26-19)28-12-22-11-24-28/h3-4,7,9-13,21H,1-2,5-6,8H2/t13-/m0/s1. The van der Waals surface area contributed by atoms with Gasteiger partial charge >= 0.3 is 0 Å². The SMILES string of the molecule is Fc1ccc2ncc(-c3nc(C[C@@H]4CCCNC4)cc(-n4cncn4)n3)n2c1. The van der Waals surface area contributed by atoms with E-state index in [1.807, 2.05) is 6.07 Å². The zero-order valence-electron chi connectivity index (χ0n) is 15.2. The second-order valence-corrected chi connectivity index (χ2v) is 7.02. The third-order valence-electron chi connectivity index (χ3n) is 5.01. The number of nitrogens with one attached hydrogen (secondary N) is 1. The summed E-state index contributed by atoms with van der Waals surface area (Å²) in [5, 5.41) is 7.64. The average molecular weight is 378 g/mol. The molecule has 0 bridgehead atoms. The van der Waals surface area contributed by atoms with Crippen molar-refractivity contribution in [1.82, 2.24) is 39.4 Å². The number of pyridine rings is 1. The van der Waals surface area contributed by atoms with Crippen LogP contribution < -0.4 is 5.32 Å². The van der Waals surface area contributed by atoms with Crippen LogP contribution in [0.5, 0.6) is 0 Å². The highest BCUT2D eigenvalue weighted by atomic mass is 19.1. The van der Waals surface area contributed by atoms with Gasteiger partial charge in [-0.3, -0.25) is 4.40 Å². The molecule has 1 saturated heterocycles. The van der Waals surface area contributed by atoms with Gasteiger partial charge in [0.2, 0.25) is 0 Å². The first-order valence-electron chi connectivity index (χ1n) is 9.33. The molecule has 9 heteroatoms. The molecular weight excluding hydrogens is 359 g/mol. The van der Waals surface area contributed by atoms with E-state index in [0.29, 0.717) is 28.9 Å². The van der Waals surface area contributed by atoms with Crippen molar-refractivity contribution in [3.8, 4) is 17.3 Å². The summed E-state index contributed by atoms with van der Waals surface area (Å²) in [5.74, 6) is 1.31. The van der Waals surface area contributed by atoms with Gasteiger partial charge in [-0.25, -0.2) is 29.0 Å². The lowest BCUT2D eigenvalue weighted by Crippen LogP contribution is -2.31. The van der Waals surface area contributed by atoms with Crippen LogP contribution >= 0.6 is 0 Å². The monoisotopic (exact) mass is 378 g/mol. The molecule has 0 spiro atoms. The molecule has 1 N–H and O–H groups in total. The molecule has 4 aromatic rings. The highest BCUT2D eigenvalue weighted by molar-refractivity contribution is 5.57. The zero-order valence-corrected chi connectivity index (χ0v) is 15.2. The van der Waals surface area contributed by atoms with E-state index >= 15 is 0 Å². The summed E-state index contributed by atoms with van der Waals surface area (Å²) in [4.78, 5) is 17.8. The van der Waals surface area contributed by atoms with Crippen molar-refractivity contribution in [2.24, 2.45) is 5.92 Å². The molecule has 0 amide bonds. The Morgan fingerprint density at radius 2 is 2.21 bits per heavy atom. The number of rotatable bonds is 4. The van der Waals surface area contributed by atoms with Crippen molar-refractivity contribution in [1.29, 1.82) is 0 Å². The van der Waals surface area contributed by atoms with Crippen LogP contribution in [0.15, 0.2) is 43.2 Å². The minimum atomic E-state index is -0.340. The molecule has 8 nitrogen and oxygen atoms in total. The number of halogens is 1. The van der Waals surface area contributed by atoms with Crippen molar-refractivity contribution < 1.29 is 4.39 Å². The van der Waals surface area contributed by atoms with E-state index in [1.165, 1.54) is 31.4 Å². The predicted octanol–water partition coefficient (Wildman–Crippen LogP) is 2.05. The van der Waals surface area contributed by atoms with Crippen LogP contribution in [0.3, 0.4) is 0 Å². The van der Waals surface area contributed by atoms with Gasteiger partial charge < -0.3 is 5.32 Å². The van der Waals surface area contributed by atoms with Gasteiger partial charge in [-0.2, -0.15) is 5.10 Å². The summed E-state index contributed by atoms with van der Waals surface area (Å²) in [7, 11) is 0. The van der Waals surface area contributed by atoms with Gasteiger partial charge in [0.05, 0.1) is 6.20 Å². The first-order valence-corrected chi connectivity index (χ1v) is 9.33. The highest BCUT2D eigenvalue weighted by Gasteiger charge is 2.18. The molecule has 1 atom stereocenters. The Kier molecular flexibility index (Phi) is 4.28. The molecule has 0 unspecified atom stereocenters. The second kappa shape index (κ2) is 7.08. The number of piperidine rings is 1. The Morgan fingerprint density at radius 3 is 3.04 bits per heavy atom. The molecule has 0 aromatic carbocycles. The lowest BCUT2D eigenvalue weighted by molar-refractivity contribution is 0.373. The quantitative estimate of drug-likeness (QED) is 0.585. The summed E-state index contributed by atoms with van der Waals surface area (Å²) in [6.45, 7) is 2.06. The maximum Gasteiger partial charge on any atom is 0.180 e. The first-order chi connectivity index (χ1) is 13.8. The second-order valence-electron chi connectivity index (χ2n) is 7.02. The lowest BCUT2D eigenvalue weighted by Gasteiger charge is -2.22. The maximum atomic E-state index is 13.8. The van der Waals surface area contributed by atoms with E-state index in [1.54, 1.807) is 27.7 Å². The largest absolute Gasteiger partial charge is 0.316 e. The Hall–Kier alpha value is -3.20. The van der Waals surface area contributed by atoms with Crippen LogP contribution in [0.1, 0.15) is 18.5 Å². The van der Waals surface area contributed by atoms with E-state index in [-0.39, 0.29) is 5.82 Å². The van der Waals surface area contributed by atoms with Crippen molar-refractivity contribution in [3.63, 3.8) is 0 Å². The molecule has 4 aromatic heterocycles. The fourth-order valence-corrected chi connectivity index (χ4v) is 3.66. The lowest BCUT2D eigenvalue weighted by atomic mass is 9.94. The van der Waals surface area contributed by atoms with E-state index in [2.05, 4.69) is 25.4 Å². The molecule has 1 aliphatic rings. The van der Waals surface area contributed by atoms with Gasteiger partial charge in [0, 0.05) is 18.0 Å². The fourth-order valence-electron chi connectivity index (χ4n) is 3.66. The summed E-state index contributed by atoms with van der Waals surface area (Å²) in [6, 6.07) is 4.96. The van der Waals surface area contributed by atoms with E-state index < -0.39 is 0 Å². The van der Waals surface area contributed by atoms with E-state index in [9.17, 15) is 4.39 Å². The van der Waals surface area contributed by atoms with Crippen LogP contribution in [-0.4, -0.2) is 47.2 Å². The number of aromatic nitrogens is 7. The minimum absolute atomic E-state index is 0.340. The van der Waals surface area contributed by atoms with Crippen molar-refractivity contribution in [2.75, 3.05) is 13.1 Å². The van der Waals surface area contributed by atoms with Crippen LogP contribution in [0.25, 0.3) is 23.0 Å². The Balaban J connectivity index is 1.60. The molecule has 0 radical (unpaired) electrons. The summed E-state index contributed by atoms with van der Waals surface area (Å²) >= 11 is 0. The van der Waals surface area contributed by atoms with Gasteiger partial charge in [-0.05, 0) is 50.4 Å². The molecule has 1 aliphatic heterocycles. The molecule has 1 fully saturated rings. The van der Waals surface area contributed by atoms with E-state index in [0.717, 1.165) is 25.2 Å². The average Bonchev–Trinajstić information content (AvgIpc) is 3.38. The van der Waals surface area contributed by atoms with Gasteiger partial charge in [-0.1, -0.05) is 0 Å². The topological polar surface area (TPSA) is 85.8 Å².